The Bertz CT molecular complexity index is 1270. The lowest BCUT2D eigenvalue weighted by Gasteiger charge is -2.12. The molecule has 0 saturated carbocycles. The summed E-state index contributed by atoms with van der Waals surface area (Å²) in [5.41, 5.74) is 4.32. The van der Waals surface area contributed by atoms with Gasteiger partial charge in [0.1, 0.15) is 17.4 Å². The average Bonchev–Trinajstić information content (AvgIpc) is 3.17. The van der Waals surface area contributed by atoms with Crippen molar-refractivity contribution in [2.75, 3.05) is 6.61 Å². The zero-order valence-corrected chi connectivity index (χ0v) is 19.0. The summed E-state index contributed by atoms with van der Waals surface area (Å²) in [5.74, 6) is 0.692. The van der Waals surface area contributed by atoms with Crippen LogP contribution in [0.2, 0.25) is 0 Å². The van der Waals surface area contributed by atoms with E-state index >= 15 is 0 Å². The Kier molecular flexibility index (Phi) is 7.03. The van der Waals surface area contributed by atoms with Crippen molar-refractivity contribution in [1.29, 1.82) is 0 Å². The Hall–Kier alpha value is -3.67. The number of para-hydroxylation sites is 2. The molecule has 0 fully saturated rings. The summed E-state index contributed by atoms with van der Waals surface area (Å²) >= 11 is 0. The van der Waals surface area contributed by atoms with Gasteiger partial charge in [-0.15, -0.1) is 0 Å². The molecule has 0 radical (unpaired) electrons. The van der Waals surface area contributed by atoms with Crippen molar-refractivity contribution in [3.8, 4) is 5.75 Å². The number of aromatic nitrogens is 2. The van der Waals surface area contributed by atoms with Crippen molar-refractivity contribution >= 4 is 16.9 Å². The summed E-state index contributed by atoms with van der Waals surface area (Å²) < 4.78 is 22.0. The second kappa shape index (κ2) is 10.3. The van der Waals surface area contributed by atoms with Gasteiger partial charge in [0, 0.05) is 6.54 Å². The fourth-order valence-corrected chi connectivity index (χ4v) is 3.84. The van der Waals surface area contributed by atoms with E-state index in [2.05, 4.69) is 29.8 Å². The summed E-state index contributed by atoms with van der Waals surface area (Å²) in [6, 6.07) is 20.0. The molecule has 170 valence electrons. The lowest BCUT2D eigenvalue weighted by atomic mass is 10.1. The Balaban J connectivity index is 1.39. The molecule has 1 aromatic heterocycles. The predicted molar refractivity (Wildman–Crippen MR) is 128 cm³/mol. The molecule has 33 heavy (non-hydrogen) atoms. The number of hydrogen-bond acceptors (Lipinski definition) is 3. The largest absolute Gasteiger partial charge is 0.493 e. The minimum atomic E-state index is -0.535. The average molecular weight is 446 g/mol. The van der Waals surface area contributed by atoms with E-state index in [1.807, 2.05) is 36.4 Å². The molecule has 1 heterocycles. The second-order valence-electron chi connectivity index (χ2n) is 8.08. The Morgan fingerprint density at radius 1 is 1.00 bits per heavy atom. The van der Waals surface area contributed by atoms with Crippen LogP contribution in [-0.4, -0.2) is 22.1 Å². The molecule has 3 aromatic carbocycles. The number of halogens is 1. The van der Waals surface area contributed by atoms with E-state index in [1.165, 1.54) is 23.3 Å². The first-order chi connectivity index (χ1) is 16.0. The normalized spacial score (nSPS) is 11.0. The lowest BCUT2D eigenvalue weighted by molar-refractivity contribution is 0.0945. The molecule has 0 aliphatic carbocycles. The number of carbonyl (C=O) groups excluding carboxylic acids is 1. The number of rotatable bonds is 9. The molecule has 6 heteroatoms. The quantitative estimate of drug-likeness (QED) is 0.342. The minimum Gasteiger partial charge on any atom is -0.493 e. The monoisotopic (exact) mass is 445 g/mol. The van der Waals surface area contributed by atoms with E-state index < -0.39 is 11.7 Å². The summed E-state index contributed by atoms with van der Waals surface area (Å²) in [6.45, 7) is 5.77. The number of nitrogens with one attached hydrogen (secondary N) is 1. The topological polar surface area (TPSA) is 56.1 Å². The molecule has 4 rings (SSSR count). The molecule has 0 unspecified atom stereocenters. The van der Waals surface area contributed by atoms with Gasteiger partial charge < -0.3 is 14.6 Å². The maximum atomic E-state index is 13.9. The van der Waals surface area contributed by atoms with E-state index in [1.54, 1.807) is 12.1 Å². The lowest BCUT2D eigenvalue weighted by Crippen LogP contribution is -2.25. The number of aryl methyl sites for hydroxylation is 2. The van der Waals surface area contributed by atoms with E-state index in [4.69, 9.17) is 9.72 Å². The third-order valence-electron chi connectivity index (χ3n) is 5.85. The van der Waals surface area contributed by atoms with Gasteiger partial charge in [-0.05, 0) is 68.1 Å². The van der Waals surface area contributed by atoms with Gasteiger partial charge in [-0.25, -0.2) is 9.37 Å². The van der Waals surface area contributed by atoms with Crippen LogP contribution in [-0.2, 0) is 13.1 Å². The number of amides is 1. The zero-order chi connectivity index (χ0) is 23.2. The smallest absolute Gasteiger partial charge is 0.254 e. The third kappa shape index (κ3) is 5.22. The number of unbranched alkanes of at least 4 members (excludes halogenated alkanes) is 1. The van der Waals surface area contributed by atoms with Crippen molar-refractivity contribution in [1.82, 2.24) is 14.9 Å². The van der Waals surface area contributed by atoms with Gasteiger partial charge in [0.2, 0.25) is 0 Å². The highest BCUT2D eigenvalue weighted by Gasteiger charge is 2.14. The van der Waals surface area contributed by atoms with Crippen LogP contribution < -0.4 is 10.1 Å². The van der Waals surface area contributed by atoms with Crippen LogP contribution in [0.4, 0.5) is 4.39 Å². The van der Waals surface area contributed by atoms with Crippen molar-refractivity contribution in [3.63, 3.8) is 0 Å². The highest BCUT2D eigenvalue weighted by atomic mass is 19.1. The van der Waals surface area contributed by atoms with Crippen LogP contribution in [0, 0.1) is 19.7 Å². The highest BCUT2D eigenvalue weighted by Crippen LogP contribution is 2.21. The summed E-state index contributed by atoms with van der Waals surface area (Å²) in [5, 5.41) is 2.81. The van der Waals surface area contributed by atoms with Gasteiger partial charge in [0.15, 0.2) is 0 Å². The minimum absolute atomic E-state index is 0.0313. The Morgan fingerprint density at radius 2 is 1.79 bits per heavy atom. The molecule has 5 nitrogen and oxygen atoms in total. The van der Waals surface area contributed by atoms with E-state index in [-0.39, 0.29) is 12.1 Å². The second-order valence-corrected chi connectivity index (χ2v) is 8.08. The number of nitrogens with zero attached hydrogens (tertiary/aromatic N) is 2. The number of imidazole rings is 1. The van der Waals surface area contributed by atoms with Crippen LogP contribution in [0.25, 0.3) is 11.0 Å². The number of fused-ring (bicyclic) bond motifs is 1. The molecule has 0 saturated heterocycles. The van der Waals surface area contributed by atoms with Crippen LogP contribution in [0.5, 0.6) is 5.75 Å². The first-order valence-corrected chi connectivity index (χ1v) is 11.2. The Labute approximate surface area is 193 Å². The number of ether oxygens (including phenoxy) is 1. The maximum Gasteiger partial charge on any atom is 0.254 e. The van der Waals surface area contributed by atoms with Crippen molar-refractivity contribution < 1.29 is 13.9 Å². The SMILES string of the molecule is Cc1cccc(OCCCCn2c(CNC(=O)c3ccccc3F)nc3ccccc32)c1C. The molecule has 0 bridgehead atoms. The van der Waals surface area contributed by atoms with Gasteiger partial charge in [0.05, 0.1) is 29.7 Å². The Morgan fingerprint density at radius 3 is 2.64 bits per heavy atom. The zero-order valence-electron chi connectivity index (χ0n) is 19.0. The molecule has 1 N–H and O–H groups in total. The fraction of sp³-hybridized carbons (Fsp3) is 0.259. The van der Waals surface area contributed by atoms with Crippen molar-refractivity contribution in [2.45, 2.75) is 39.8 Å². The molecule has 4 aromatic rings. The van der Waals surface area contributed by atoms with Gasteiger partial charge in [0.25, 0.3) is 5.91 Å². The van der Waals surface area contributed by atoms with Gasteiger partial charge in [-0.1, -0.05) is 36.4 Å². The number of benzene rings is 3. The fourth-order valence-electron chi connectivity index (χ4n) is 3.84. The third-order valence-corrected chi connectivity index (χ3v) is 5.85. The van der Waals surface area contributed by atoms with Gasteiger partial charge >= 0.3 is 0 Å². The standard InChI is InChI=1S/C27H28FN3O2/c1-19-10-9-15-25(20(19)2)33-17-8-7-16-31-24-14-6-5-13-23(24)30-26(31)18-29-27(32)21-11-3-4-12-22(21)28/h3-6,9-15H,7-8,16-18H2,1-2H3,(H,29,32). The summed E-state index contributed by atoms with van der Waals surface area (Å²) in [6.07, 6.45) is 1.79. The van der Waals surface area contributed by atoms with E-state index in [9.17, 15) is 9.18 Å². The molecular weight excluding hydrogens is 417 g/mol. The predicted octanol–water partition coefficient (Wildman–Crippen LogP) is 5.58. The molecule has 1 amide bonds. The first kappa shape index (κ1) is 22.5. The van der Waals surface area contributed by atoms with Crippen LogP contribution >= 0.6 is 0 Å². The van der Waals surface area contributed by atoms with Gasteiger partial charge in [-0.2, -0.15) is 0 Å². The molecular formula is C27H28FN3O2. The maximum absolute atomic E-state index is 13.9. The molecule has 0 aliphatic heterocycles. The first-order valence-electron chi connectivity index (χ1n) is 11.2. The molecule has 0 atom stereocenters. The van der Waals surface area contributed by atoms with E-state index in [0.717, 1.165) is 42.0 Å². The highest BCUT2D eigenvalue weighted by molar-refractivity contribution is 5.94. The van der Waals surface area contributed by atoms with Gasteiger partial charge in [-0.3, -0.25) is 4.79 Å². The van der Waals surface area contributed by atoms with Crippen LogP contribution in [0.1, 0.15) is 40.2 Å². The molecule has 0 spiro atoms. The van der Waals surface area contributed by atoms with Crippen LogP contribution in [0.3, 0.4) is 0 Å². The molecule has 0 aliphatic rings. The van der Waals surface area contributed by atoms with E-state index in [0.29, 0.717) is 6.61 Å². The summed E-state index contributed by atoms with van der Waals surface area (Å²) in [4.78, 5) is 17.1. The summed E-state index contributed by atoms with van der Waals surface area (Å²) in [7, 11) is 0. The van der Waals surface area contributed by atoms with Crippen molar-refractivity contribution in [2.24, 2.45) is 0 Å². The number of hydrogen-bond donors (Lipinski definition) is 1. The van der Waals surface area contributed by atoms with Crippen LogP contribution in [0.15, 0.2) is 66.7 Å². The van der Waals surface area contributed by atoms with Crippen molar-refractivity contribution in [3.05, 3.63) is 95.1 Å². The number of carbonyl (C=O) groups is 1.